The number of aromatic nitrogens is 3. The number of halogens is 1. The number of benzene rings is 1. The summed E-state index contributed by atoms with van der Waals surface area (Å²) < 4.78 is 16.6. The first-order valence-corrected chi connectivity index (χ1v) is 13.8. The van der Waals surface area contributed by atoms with Crippen LogP contribution < -0.4 is 16.7 Å². The third-order valence-corrected chi connectivity index (χ3v) is 7.08. The minimum absolute atomic E-state index is 0.0140. The van der Waals surface area contributed by atoms with Crippen molar-refractivity contribution in [2.24, 2.45) is 4.99 Å². The Labute approximate surface area is 246 Å². The van der Waals surface area contributed by atoms with Gasteiger partial charge < -0.3 is 5.32 Å². The topological polar surface area (TPSA) is 105 Å². The fraction of sp³-hybridized carbons (Fsp3) is 0.303. The van der Waals surface area contributed by atoms with E-state index >= 15 is 0 Å². The van der Waals surface area contributed by atoms with Crippen LogP contribution in [0.3, 0.4) is 0 Å². The average Bonchev–Trinajstić information content (AvgIpc) is 2.96. The second-order valence-corrected chi connectivity index (χ2v) is 10.1. The van der Waals surface area contributed by atoms with Gasteiger partial charge in [0.05, 0.1) is 23.5 Å². The molecule has 9 heteroatoms. The van der Waals surface area contributed by atoms with Crippen LogP contribution in [0.4, 0.5) is 10.3 Å². The molecule has 218 valence electrons. The Morgan fingerprint density at radius 3 is 2.57 bits per heavy atom. The van der Waals surface area contributed by atoms with Crippen molar-refractivity contribution in [3.8, 4) is 6.07 Å². The van der Waals surface area contributed by atoms with Crippen LogP contribution in [-0.4, -0.2) is 25.9 Å². The van der Waals surface area contributed by atoms with Crippen molar-refractivity contribution < 1.29 is 4.39 Å². The number of nitrogens with one attached hydrogen (secondary N) is 1. The number of aliphatic imine (C=N–C) groups is 1. The van der Waals surface area contributed by atoms with Crippen LogP contribution in [-0.2, 0) is 6.54 Å². The number of aryl methyl sites for hydroxylation is 1. The predicted octanol–water partition coefficient (Wildman–Crippen LogP) is 6.21. The van der Waals surface area contributed by atoms with E-state index in [0.717, 1.165) is 33.4 Å². The molecule has 8 nitrogen and oxygen atoms in total. The Balaban J connectivity index is 2.26. The molecule has 0 bridgehead atoms. The highest BCUT2D eigenvalue weighted by atomic mass is 19.1. The van der Waals surface area contributed by atoms with Crippen molar-refractivity contribution in [2.45, 2.75) is 67.5 Å². The van der Waals surface area contributed by atoms with Crippen molar-refractivity contribution >= 4 is 17.4 Å². The van der Waals surface area contributed by atoms with Gasteiger partial charge in [0.15, 0.2) is 0 Å². The zero-order valence-electron chi connectivity index (χ0n) is 25.2. The zero-order valence-corrected chi connectivity index (χ0v) is 25.2. The van der Waals surface area contributed by atoms with E-state index in [4.69, 9.17) is 4.99 Å². The largest absolute Gasteiger partial charge is 0.359 e. The molecule has 42 heavy (non-hydrogen) atoms. The zero-order chi connectivity index (χ0) is 31.1. The normalized spacial score (nSPS) is 16.6. The molecule has 1 aromatic heterocycles. The minimum Gasteiger partial charge on any atom is -0.325 e. The lowest BCUT2D eigenvalue weighted by molar-refractivity contribution is 0.618. The van der Waals surface area contributed by atoms with Crippen molar-refractivity contribution in [1.29, 1.82) is 5.26 Å². The van der Waals surface area contributed by atoms with E-state index in [2.05, 4.69) is 30.7 Å². The SMILES string of the molecule is C=C/C(C)=C\C(=C/C)n1c(=O)nc(NC2=CC(=C/C)/C(=N\C(C)CC)C=C2C)n(Cc2cc(C#N)c(F)cc2C)c1=O. The third-order valence-electron chi connectivity index (χ3n) is 7.08. The predicted molar refractivity (Wildman–Crippen MR) is 168 cm³/mol. The summed E-state index contributed by atoms with van der Waals surface area (Å²) in [6.45, 7) is 16.9. The van der Waals surface area contributed by atoms with Crippen LogP contribution in [0, 0.1) is 24.1 Å². The van der Waals surface area contributed by atoms with Gasteiger partial charge in [-0.1, -0.05) is 31.7 Å². The number of nitrogens with zero attached hydrogens (tertiary/aromatic N) is 5. The summed E-state index contributed by atoms with van der Waals surface area (Å²) in [4.78, 5) is 36.4. The minimum atomic E-state index is -0.767. The first-order chi connectivity index (χ1) is 20.0. The number of anilines is 1. The number of nitriles is 1. The molecular formula is C33H37FN6O2. The summed E-state index contributed by atoms with van der Waals surface area (Å²) in [5, 5.41) is 12.6. The fourth-order valence-electron chi connectivity index (χ4n) is 4.30. The molecule has 1 aromatic carbocycles. The molecule has 0 amide bonds. The van der Waals surface area contributed by atoms with Gasteiger partial charge in [-0.05, 0) is 106 Å². The van der Waals surface area contributed by atoms with Gasteiger partial charge in [0.1, 0.15) is 11.9 Å². The monoisotopic (exact) mass is 568 g/mol. The van der Waals surface area contributed by atoms with Crippen LogP contribution in [0.5, 0.6) is 0 Å². The lowest BCUT2D eigenvalue weighted by Crippen LogP contribution is -2.42. The molecule has 1 N–H and O–H groups in total. The quantitative estimate of drug-likeness (QED) is 0.362. The molecule has 1 aliphatic carbocycles. The van der Waals surface area contributed by atoms with E-state index in [0.29, 0.717) is 22.5 Å². The highest BCUT2D eigenvalue weighted by Gasteiger charge is 2.20. The molecule has 0 saturated carbocycles. The van der Waals surface area contributed by atoms with E-state index in [9.17, 15) is 19.2 Å². The van der Waals surface area contributed by atoms with Gasteiger partial charge in [-0.25, -0.2) is 18.5 Å². The van der Waals surface area contributed by atoms with Gasteiger partial charge in [-0.2, -0.15) is 10.2 Å². The summed E-state index contributed by atoms with van der Waals surface area (Å²) in [6.07, 6.45) is 11.6. The highest BCUT2D eigenvalue weighted by molar-refractivity contribution is 6.12. The smallest absolute Gasteiger partial charge is 0.325 e. The Morgan fingerprint density at radius 1 is 1.26 bits per heavy atom. The number of hydrogen-bond acceptors (Lipinski definition) is 6. The van der Waals surface area contributed by atoms with Crippen molar-refractivity contribution in [3.63, 3.8) is 0 Å². The average molecular weight is 569 g/mol. The van der Waals surface area contributed by atoms with E-state index in [1.54, 1.807) is 39.0 Å². The first kappa shape index (κ1) is 31.7. The van der Waals surface area contributed by atoms with Crippen LogP contribution in [0.1, 0.15) is 64.7 Å². The molecule has 2 aromatic rings. The van der Waals surface area contributed by atoms with Gasteiger partial charge in [0.2, 0.25) is 5.95 Å². The van der Waals surface area contributed by atoms with Gasteiger partial charge in [0, 0.05) is 11.7 Å². The second kappa shape index (κ2) is 13.7. The number of rotatable bonds is 9. The van der Waals surface area contributed by atoms with Crippen molar-refractivity contribution in [1.82, 2.24) is 14.1 Å². The summed E-state index contributed by atoms with van der Waals surface area (Å²) in [5.41, 5.74) is 3.83. The molecule has 0 fully saturated rings. The Hall–Kier alpha value is -4.84. The Bertz CT molecular complexity index is 1760. The summed E-state index contributed by atoms with van der Waals surface area (Å²) in [5.74, 6) is -0.629. The van der Waals surface area contributed by atoms with Crippen molar-refractivity contribution in [2.75, 3.05) is 5.32 Å². The lowest BCUT2D eigenvalue weighted by atomic mass is 9.97. The van der Waals surface area contributed by atoms with Crippen molar-refractivity contribution in [3.05, 3.63) is 121 Å². The molecule has 1 atom stereocenters. The maximum absolute atomic E-state index is 14.3. The van der Waals surface area contributed by atoms with E-state index in [1.165, 1.54) is 16.7 Å². The number of hydrogen-bond donors (Lipinski definition) is 1. The molecule has 0 radical (unpaired) electrons. The molecular weight excluding hydrogens is 531 g/mol. The molecule has 0 spiro atoms. The van der Waals surface area contributed by atoms with E-state index < -0.39 is 17.2 Å². The van der Waals surface area contributed by atoms with E-state index in [1.807, 2.05) is 38.1 Å². The number of allylic oxidation sites excluding steroid dienone is 10. The second-order valence-electron chi connectivity index (χ2n) is 10.1. The standard InChI is InChI=1S/C33H37FN6O2/c1-9-20(5)13-27(12-4)40-32(41)38-31(37-29-17-24(11-3)30(15-22(29)7)36-23(8)10-2)39(33(40)42)19-26-16-25(18-35)28(34)14-21(26)6/h9,11-17,23H,1,10,19H2,2-8H3,(H,37,38,41)/b20-13-,24-11-,27-12+,36-30-. The highest BCUT2D eigenvalue weighted by Crippen LogP contribution is 2.24. The molecule has 3 rings (SSSR count). The first-order valence-electron chi connectivity index (χ1n) is 13.8. The van der Waals surface area contributed by atoms with Gasteiger partial charge in [0.25, 0.3) is 0 Å². The maximum Gasteiger partial charge on any atom is 0.359 e. The molecule has 0 saturated heterocycles. The van der Waals surface area contributed by atoms with Crippen LogP contribution in [0.2, 0.25) is 0 Å². The molecule has 1 aliphatic rings. The lowest BCUT2D eigenvalue weighted by Gasteiger charge is -2.21. The van der Waals surface area contributed by atoms with Gasteiger partial charge in [-0.15, -0.1) is 0 Å². The van der Waals surface area contributed by atoms with Crippen LogP contribution in [0.15, 0.2) is 92.2 Å². The maximum atomic E-state index is 14.3. The van der Waals surface area contributed by atoms with Crippen LogP contribution >= 0.6 is 0 Å². The van der Waals surface area contributed by atoms with E-state index in [-0.39, 0.29) is 24.1 Å². The third kappa shape index (κ3) is 6.89. The Kier molecular flexibility index (Phi) is 10.3. The molecule has 1 heterocycles. The molecule has 0 aliphatic heterocycles. The fourth-order valence-corrected chi connectivity index (χ4v) is 4.30. The summed E-state index contributed by atoms with van der Waals surface area (Å²) in [6, 6.07) is 4.67. The molecule has 1 unspecified atom stereocenters. The van der Waals surface area contributed by atoms with Crippen LogP contribution in [0.25, 0.3) is 5.70 Å². The van der Waals surface area contributed by atoms with Gasteiger partial charge in [-0.3, -0.25) is 9.56 Å². The van der Waals surface area contributed by atoms with Gasteiger partial charge >= 0.3 is 11.4 Å². The summed E-state index contributed by atoms with van der Waals surface area (Å²) in [7, 11) is 0. The Morgan fingerprint density at radius 2 is 1.98 bits per heavy atom. The summed E-state index contributed by atoms with van der Waals surface area (Å²) >= 11 is 0.